The van der Waals surface area contributed by atoms with E-state index in [4.69, 9.17) is 4.99 Å². The van der Waals surface area contributed by atoms with Gasteiger partial charge in [-0.15, -0.1) is 11.3 Å². The maximum absolute atomic E-state index is 14.0. The van der Waals surface area contributed by atoms with Gasteiger partial charge in [-0.2, -0.15) is 0 Å². The number of amidine groups is 1. The van der Waals surface area contributed by atoms with E-state index in [1.165, 1.54) is 10.4 Å². The molecule has 0 unspecified atom stereocenters. The lowest BCUT2D eigenvalue weighted by molar-refractivity contribution is 0.282. The smallest absolute Gasteiger partial charge is 0.139 e. The molecule has 1 fully saturated rings. The highest BCUT2D eigenvalue weighted by molar-refractivity contribution is 7.16. The van der Waals surface area contributed by atoms with Crippen molar-refractivity contribution in [1.29, 1.82) is 0 Å². The molecule has 154 valence electrons. The number of fused-ring (bicyclic) bond motifs is 2. The van der Waals surface area contributed by atoms with E-state index in [1.807, 2.05) is 24.3 Å². The summed E-state index contributed by atoms with van der Waals surface area (Å²) in [6.45, 7) is 4.81. The number of piperazine rings is 1. The van der Waals surface area contributed by atoms with Crippen molar-refractivity contribution in [2.24, 2.45) is 4.99 Å². The number of aliphatic imine (C=N–C) groups is 1. The van der Waals surface area contributed by atoms with Crippen LogP contribution in [0.25, 0.3) is 0 Å². The lowest BCUT2D eigenvalue weighted by Crippen LogP contribution is -2.52. The topological polar surface area (TPSA) is 39.7 Å². The van der Waals surface area contributed by atoms with Gasteiger partial charge >= 0.3 is 0 Å². The average Bonchev–Trinajstić information content (AvgIpc) is 3.05. The SMILES string of the molecule is Cc1cc2c(s1)Nc1ccccc1N=C2N1CCN[C@@H](CCc2ccccc2F)C1. The van der Waals surface area contributed by atoms with Crippen LogP contribution in [0.1, 0.15) is 22.4 Å². The fourth-order valence-corrected chi connectivity index (χ4v) is 5.15. The van der Waals surface area contributed by atoms with Gasteiger partial charge in [0.15, 0.2) is 0 Å². The van der Waals surface area contributed by atoms with Gasteiger partial charge in [0.1, 0.15) is 16.7 Å². The lowest BCUT2D eigenvalue weighted by atomic mass is 10.0. The Morgan fingerprint density at radius 2 is 2.00 bits per heavy atom. The molecule has 1 aromatic heterocycles. The van der Waals surface area contributed by atoms with Gasteiger partial charge in [-0.3, -0.25) is 0 Å². The zero-order valence-electron chi connectivity index (χ0n) is 17.0. The molecule has 6 heteroatoms. The fourth-order valence-electron chi connectivity index (χ4n) is 4.23. The zero-order valence-corrected chi connectivity index (χ0v) is 17.8. The molecule has 0 aliphatic carbocycles. The van der Waals surface area contributed by atoms with Crippen LogP contribution in [0.5, 0.6) is 0 Å². The molecule has 0 saturated carbocycles. The Kier molecular flexibility index (Phi) is 5.27. The molecule has 2 aliphatic rings. The maximum atomic E-state index is 14.0. The minimum Gasteiger partial charge on any atom is -0.353 e. The molecular weight excluding hydrogens is 395 g/mol. The highest BCUT2D eigenvalue weighted by Crippen LogP contribution is 2.39. The summed E-state index contributed by atoms with van der Waals surface area (Å²) in [7, 11) is 0. The number of hydrogen-bond donors (Lipinski definition) is 2. The largest absolute Gasteiger partial charge is 0.353 e. The second-order valence-electron chi connectivity index (χ2n) is 7.90. The van der Waals surface area contributed by atoms with E-state index >= 15 is 0 Å². The fraction of sp³-hybridized carbons (Fsp3) is 0.292. The van der Waals surface area contributed by atoms with E-state index in [2.05, 4.69) is 40.7 Å². The number of thiophene rings is 1. The molecule has 5 rings (SSSR count). The van der Waals surface area contributed by atoms with Gasteiger partial charge in [0.2, 0.25) is 0 Å². The van der Waals surface area contributed by atoms with E-state index in [1.54, 1.807) is 23.5 Å². The second-order valence-corrected chi connectivity index (χ2v) is 9.16. The molecular formula is C24H25FN4S. The first-order chi connectivity index (χ1) is 14.7. The molecule has 3 heterocycles. The summed E-state index contributed by atoms with van der Waals surface area (Å²) in [6, 6.07) is 17.8. The van der Waals surface area contributed by atoms with Crippen LogP contribution in [-0.4, -0.2) is 36.4 Å². The molecule has 2 N–H and O–H groups in total. The van der Waals surface area contributed by atoms with Crippen LogP contribution in [0.15, 0.2) is 59.6 Å². The van der Waals surface area contributed by atoms with Crippen molar-refractivity contribution < 1.29 is 4.39 Å². The minimum absolute atomic E-state index is 0.112. The third-order valence-electron chi connectivity index (χ3n) is 5.75. The summed E-state index contributed by atoms with van der Waals surface area (Å²) >= 11 is 1.77. The summed E-state index contributed by atoms with van der Waals surface area (Å²) in [4.78, 5) is 8.74. The van der Waals surface area contributed by atoms with Gasteiger partial charge in [0, 0.05) is 30.6 Å². The first kappa shape index (κ1) is 19.3. The third-order valence-corrected chi connectivity index (χ3v) is 6.72. The number of nitrogens with one attached hydrogen (secondary N) is 2. The van der Waals surface area contributed by atoms with Gasteiger partial charge in [-0.1, -0.05) is 30.3 Å². The Hall–Kier alpha value is -2.70. The molecule has 0 radical (unpaired) electrons. The zero-order chi connectivity index (χ0) is 20.5. The van der Waals surface area contributed by atoms with Crippen molar-refractivity contribution in [2.45, 2.75) is 25.8 Å². The van der Waals surface area contributed by atoms with Crippen LogP contribution >= 0.6 is 11.3 Å². The average molecular weight is 421 g/mol. The number of para-hydroxylation sites is 2. The van der Waals surface area contributed by atoms with E-state index in [0.29, 0.717) is 6.04 Å². The molecule has 3 aromatic rings. The third kappa shape index (κ3) is 3.85. The molecule has 0 spiro atoms. The van der Waals surface area contributed by atoms with Gasteiger partial charge in [0.25, 0.3) is 0 Å². The molecule has 1 atom stereocenters. The van der Waals surface area contributed by atoms with Crippen molar-refractivity contribution in [2.75, 3.05) is 25.0 Å². The number of halogens is 1. The highest BCUT2D eigenvalue weighted by atomic mass is 32.1. The Labute approximate surface area is 180 Å². The summed E-state index contributed by atoms with van der Waals surface area (Å²) in [5, 5.41) is 8.34. The van der Waals surface area contributed by atoms with E-state index in [9.17, 15) is 4.39 Å². The summed E-state index contributed by atoms with van der Waals surface area (Å²) in [6.07, 6.45) is 1.63. The predicted molar refractivity (Wildman–Crippen MR) is 123 cm³/mol. The van der Waals surface area contributed by atoms with Crippen molar-refractivity contribution in [3.8, 4) is 0 Å². The van der Waals surface area contributed by atoms with Crippen LogP contribution in [0.4, 0.5) is 20.8 Å². The number of nitrogens with zero attached hydrogens (tertiary/aromatic N) is 2. The first-order valence-corrected chi connectivity index (χ1v) is 11.3. The van der Waals surface area contributed by atoms with Crippen LogP contribution in [-0.2, 0) is 6.42 Å². The Morgan fingerprint density at radius 1 is 1.17 bits per heavy atom. The van der Waals surface area contributed by atoms with Crippen molar-refractivity contribution in [1.82, 2.24) is 10.2 Å². The monoisotopic (exact) mass is 420 g/mol. The quantitative estimate of drug-likeness (QED) is 0.609. The van der Waals surface area contributed by atoms with E-state index in [0.717, 1.165) is 60.3 Å². The highest BCUT2D eigenvalue weighted by Gasteiger charge is 2.27. The molecule has 4 nitrogen and oxygen atoms in total. The van der Waals surface area contributed by atoms with Crippen LogP contribution in [0.3, 0.4) is 0 Å². The minimum atomic E-state index is -0.112. The molecule has 1 saturated heterocycles. The number of hydrogen-bond acceptors (Lipinski definition) is 5. The summed E-state index contributed by atoms with van der Waals surface area (Å²) in [5.41, 5.74) is 3.97. The molecule has 0 amide bonds. The summed E-state index contributed by atoms with van der Waals surface area (Å²) in [5.74, 6) is 0.920. The molecule has 0 bridgehead atoms. The van der Waals surface area contributed by atoms with E-state index in [-0.39, 0.29) is 5.82 Å². The van der Waals surface area contributed by atoms with Crippen LogP contribution in [0.2, 0.25) is 0 Å². The summed E-state index contributed by atoms with van der Waals surface area (Å²) < 4.78 is 14.0. The second kappa shape index (κ2) is 8.20. The molecule has 2 aliphatic heterocycles. The molecule has 30 heavy (non-hydrogen) atoms. The number of aryl methyl sites for hydroxylation is 2. The van der Waals surface area contributed by atoms with Gasteiger partial charge in [-0.05, 0) is 49.6 Å². The predicted octanol–water partition coefficient (Wildman–Crippen LogP) is 5.24. The van der Waals surface area contributed by atoms with Gasteiger partial charge < -0.3 is 15.5 Å². The van der Waals surface area contributed by atoms with Crippen molar-refractivity contribution in [3.63, 3.8) is 0 Å². The Morgan fingerprint density at radius 3 is 2.90 bits per heavy atom. The Balaban J connectivity index is 1.39. The van der Waals surface area contributed by atoms with Crippen LogP contribution < -0.4 is 10.6 Å². The standard InChI is InChI=1S/C24H25FN4S/c1-16-14-19-23(27-21-8-4-5-9-22(21)28-24(19)30-16)29-13-12-26-18(15-29)11-10-17-6-2-3-7-20(17)25/h2-9,14,18,26,28H,10-13,15H2,1H3/t18-/m0/s1. The Bertz CT molecular complexity index is 1090. The van der Waals surface area contributed by atoms with Crippen molar-refractivity contribution in [3.05, 3.63) is 76.4 Å². The normalized spacial score (nSPS) is 18.1. The van der Waals surface area contributed by atoms with Gasteiger partial charge in [0.05, 0.1) is 16.9 Å². The maximum Gasteiger partial charge on any atom is 0.139 e. The first-order valence-electron chi connectivity index (χ1n) is 10.4. The number of anilines is 2. The number of rotatable bonds is 3. The molecule has 2 aromatic carbocycles. The number of benzene rings is 2. The lowest BCUT2D eigenvalue weighted by Gasteiger charge is -2.36. The van der Waals surface area contributed by atoms with Crippen LogP contribution in [0, 0.1) is 12.7 Å². The van der Waals surface area contributed by atoms with E-state index < -0.39 is 0 Å². The van der Waals surface area contributed by atoms with Crippen molar-refractivity contribution >= 4 is 33.5 Å². The van der Waals surface area contributed by atoms with Gasteiger partial charge in [-0.25, -0.2) is 9.38 Å².